The van der Waals surface area contributed by atoms with Crippen molar-refractivity contribution in [3.05, 3.63) is 29.6 Å². The summed E-state index contributed by atoms with van der Waals surface area (Å²) in [5.41, 5.74) is -0.0640. The van der Waals surface area contributed by atoms with E-state index in [0.29, 0.717) is 6.42 Å². The molecule has 1 aromatic rings. The van der Waals surface area contributed by atoms with Crippen LogP contribution in [0.1, 0.15) is 25.8 Å². The van der Waals surface area contributed by atoms with Crippen LogP contribution >= 0.6 is 0 Å². The maximum atomic E-state index is 13.4. The van der Waals surface area contributed by atoms with Gasteiger partial charge in [0.1, 0.15) is 17.6 Å². The zero-order valence-electron chi connectivity index (χ0n) is 11.1. The van der Waals surface area contributed by atoms with Gasteiger partial charge in [-0.3, -0.25) is 0 Å². The monoisotopic (exact) mass is 265 g/mol. The molecule has 0 spiro atoms. The first-order chi connectivity index (χ1) is 8.97. The molecule has 0 aliphatic carbocycles. The molecule has 19 heavy (non-hydrogen) atoms. The van der Waals surface area contributed by atoms with Crippen molar-refractivity contribution < 1.29 is 18.7 Å². The van der Waals surface area contributed by atoms with Gasteiger partial charge in [0.2, 0.25) is 0 Å². The maximum absolute atomic E-state index is 13.4. The highest BCUT2D eigenvalue weighted by molar-refractivity contribution is 5.75. The van der Waals surface area contributed by atoms with E-state index < -0.39 is 17.9 Å². The highest BCUT2D eigenvalue weighted by Gasteiger charge is 2.22. The van der Waals surface area contributed by atoms with Crippen molar-refractivity contribution in [2.75, 3.05) is 7.11 Å². The fraction of sp³-hybridized carbons (Fsp3) is 0.429. The first kappa shape index (κ1) is 15.0. The number of methoxy groups -OCH3 is 1. The highest BCUT2D eigenvalue weighted by atomic mass is 19.1. The number of hydrogen-bond acceptors (Lipinski definition) is 4. The Morgan fingerprint density at radius 1 is 1.47 bits per heavy atom. The van der Waals surface area contributed by atoms with Crippen LogP contribution in [0.3, 0.4) is 0 Å². The Labute approximate surface area is 111 Å². The molecular formula is C14H16FNO3. The summed E-state index contributed by atoms with van der Waals surface area (Å²) in [6.07, 6.45) is -0.314. The molecule has 0 N–H and O–H groups in total. The first-order valence-electron chi connectivity index (χ1n) is 5.92. The number of esters is 1. The molecular weight excluding hydrogens is 249 g/mol. The molecule has 0 saturated carbocycles. The number of benzene rings is 1. The molecule has 0 unspecified atom stereocenters. The molecule has 0 bridgehead atoms. The predicted octanol–water partition coefficient (Wildman–Crippen LogP) is 2.66. The molecule has 0 aromatic heterocycles. The molecule has 1 atom stereocenters. The van der Waals surface area contributed by atoms with E-state index in [1.54, 1.807) is 6.07 Å². The normalized spacial score (nSPS) is 11.8. The molecule has 0 amide bonds. The summed E-state index contributed by atoms with van der Waals surface area (Å²) < 4.78 is 23.5. The maximum Gasteiger partial charge on any atom is 0.347 e. The Morgan fingerprint density at radius 2 is 2.16 bits per heavy atom. The zero-order valence-corrected chi connectivity index (χ0v) is 11.1. The highest BCUT2D eigenvalue weighted by Crippen LogP contribution is 2.20. The number of ether oxygens (including phenoxy) is 2. The van der Waals surface area contributed by atoms with E-state index >= 15 is 0 Å². The van der Waals surface area contributed by atoms with Gasteiger partial charge in [-0.2, -0.15) is 5.26 Å². The predicted molar refractivity (Wildman–Crippen MR) is 67.0 cm³/mol. The second-order valence-electron chi connectivity index (χ2n) is 4.51. The number of nitriles is 1. The molecule has 5 heteroatoms. The molecule has 0 fully saturated rings. The smallest absolute Gasteiger partial charge is 0.347 e. The average molecular weight is 265 g/mol. The number of hydrogen-bond donors (Lipinski definition) is 0. The minimum Gasteiger partial charge on any atom is -0.479 e. The number of nitrogens with zero attached hydrogens (tertiary/aromatic N) is 1. The number of carbonyl (C=O) groups is 1. The topological polar surface area (TPSA) is 59.3 Å². The van der Waals surface area contributed by atoms with Crippen molar-refractivity contribution in [2.24, 2.45) is 5.92 Å². The van der Waals surface area contributed by atoms with Crippen LogP contribution in [0.25, 0.3) is 0 Å². The average Bonchev–Trinajstić information content (AvgIpc) is 2.36. The summed E-state index contributed by atoms with van der Waals surface area (Å²) in [7, 11) is 1.28. The standard InChI is InChI=1S/C14H16FNO3/c1-9(2)6-13(14(17)18-3)19-11-5-4-10(8-16)12(15)7-11/h4-5,7,9,13H,6H2,1-3H3/t13-/m1/s1. The van der Waals surface area contributed by atoms with Crippen LogP contribution in [0.15, 0.2) is 18.2 Å². The fourth-order valence-corrected chi connectivity index (χ4v) is 1.58. The van der Waals surface area contributed by atoms with E-state index in [1.165, 1.54) is 19.2 Å². The SMILES string of the molecule is COC(=O)[C@@H](CC(C)C)Oc1ccc(C#N)c(F)c1. The van der Waals surface area contributed by atoms with E-state index in [4.69, 9.17) is 10.00 Å². The first-order valence-corrected chi connectivity index (χ1v) is 5.92. The van der Waals surface area contributed by atoms with Crippen LogP contribution in [0.5, 0.6) is 5.75 Å². The largest absolute Gasteiger partial charge is 0.479 e. The summed E-state index contributed by atoms with van der Waals surface area (Å²) in [4.78, 5) is 11.6. The van der Waals surface area contributed by atoms with Crippen molar-refractivity contribution >= 4 is 5.97 Å². The van der Waals surface area contributed by atoms with Gasteiger partial charge in [0.05, 0.1) is 12.7 Å². The molecule has 1 aromatic carbocycles. The number of halogens is 1. The van der Waals surface area contributed by atoms with E-state index in [-0.39, 0.29) is 17.2 Å². The third-order valence-corrected chi connectivity index (χ3v) is 2.49. The van der Waals surface area contributed by atoms with Crippen molar-refractivity contribution in [2.45, 2.75) is 26.4 Å². The molecule has 0 radical (unpaired) electrons. The Hall–Kier alpha value is -2.09. The van der Waals surface area contributed by atoms with Gasteiger partial charge in [0.25, 0.3) is 0 Å². The lowest BCUT2D eigenvalue weighted by molar-refractivity contribution is -0.149. The Morgan fingerprint density at radius 3 is 2.63 bits per heavy atom. The summed E-state index contributed by atoms with van der Waals surface area (Å²) in [6.45, 7) is 3.89. The second-order valence-corrected chi connectivity index (χ2v) is 4.51. The minimum absolute atomic E-state index is 0.0640. The Kier molecular flexibility index (Phi) is 5.31. The quantitative estimate of drug-likeness (QED) is 0.768. The lowest BCUT2D eigenvalue weighted by atomic mass is 10.1. The lowest BCUT2D eigenvalue weighted by Gasteiger charge is -2.18. The van der Waals surface area contributed by atoms with Crippen LogP contribution in [0.2, 0.25) is 0 Å². The van der Waals surface area contributed by atoms with E-state index in [0.717, 1.165) is 6.07 Å². The van der Waals surface area contributed by atoms with Gasteiger partial charge in [0, 0.05) is 6.07 Å². The zero-order chi connectivity index (χ0) is 14.4. The van der Waals surface area contributed by atoms with Gasteiger partial charge >= 0.3 is 5.97 Å². The molecule has 1 rings (SSSR count). The lowest BCUT2D eigenvalue weighted by Crippen LogP contribution is -2.30. The van der Waals surface area contributed by atoms with Gasteiger partial charge in [0.15, 0.2) is 6.10 Å². The van der Waals surface area contributed by atoms with Crippen LogP contribution in [0, 0.1) is 23.1 Å². The summed E-state index contributed by atoms with van der Waals surface area (Å²) in [5.74, 6) is -0.744. The Bertz CT molecular complexity index is 494. The van der Waals surface area contributed by atoms with Crippen LogP contribution in [-0.2, 0) is 9.53 Å². The van der Waals surface area contributed by atoms with Gasteiger partial charge in [-0.15, -0.1) is 0 Å². The van der Waals surface area contributed by atoms with Crippen molar-refractivity contribution in [3.63, 3.8) is 0 Å². The third-order valence-electron chi connectivity index (χ3n) is 2.49. The second kappa shape index (κ2) is 6.74. The van der Waals surface area contributed by atoms with Crippen molar-refractivity contribution in [1.29, 1.82) is 5.26 Å². The molecule has 0 aliphatic rings. The van der Waals surface area contributed by atoms with Gasteiger partial charge in [-0.25, -0.2) is 9.18 Å². The van der Waals surface area contributed by atoms with Crippen molar-refractivity contribution in [1.82, 2.24) is 0 Å². The van der Waals surface area contributed by atoms with Crippen molar-refractivity contribution in [3.8, 4) is 11.8 Å². The summed E-state index contributed by atoms with van der Waals surface area (Å²) in [5, 5.41) is 8.63. The fourth-order valence-electron chi connectivity index (χ4n) is 1.58. The summed E-state index contributed by atoms with van der Waals surface area (Å²) in [6, 6.07) is 5.58. The van der Waals surface area contributed by atoms with Crippen LogP contribution in [-0.4, -0.2) is 19.2 Å². The molecule has 0 aliphatic heterocycles. The molecule has 4 nitrogen and oxygen atoms in total. The molecule has 102 valence electrons. The van der Waals surface area contributed by atoms with Gasteiger partial charge in [-0.1, -0.05) is 13.8 Å². The number of carbonyl (C=O) groups excluding carboxylic acids is 1. The third kappa shape index (κ3) is 4.25. The number of rotatable bonds is 5. The Balaban J connectivity index is 2.87. The molecule has 0 heterocycles. The van der Waals surface area contributed by atoms with Crippen LogP contribution in [0.4, 0.5) is 4.39 Å². The van der Waals surface area contributed by atoms with Crippen LogP contribution < -0.4 is 4.74 Å². The summed E-state index contributed by atoms with van der Waals surface area (Å²) >= 11 is 0. The van der Waals surface area contributed by atoms with E-state index in [1.807, 2.05) is 13.8 Å². The minimum atomic E-state index is -0.780. The van der Waals surface area contributed by atoms with E-state index in [9.17, 15) is 9.18 Å². The van der Waals surface area contributed by atoms with Gasteiger partial charge < -0.3 is 9.47 Å². The molecule has 0 saturated heterocycles. The van der Waals surface area contributed by atoms with Gasteiger partial charge in [-0.05, 0) is 24.5 Å². The van der Waals surface area contributed by atoms with E-state index in [2.05, 4.69) is 4.74 Å².